The minimum atomic E-state index is -1.44. The van der Waals surface area contributed by atoms with Crippen molar-refractivity contribution in [1.82, 2.24) is 10.6 Å². The molecule has 6 N–H and O–H groups in total. The summed E-state index contributed by atoms with van der Waals surface area (Å²) in [7, 11) is 0. The highest BCUT2D eigenvalue weighted by Crippen LogP contribution is 2.25. The monoisotopic (exact) mass is 306 g/mol. The number of nitrogens with one attached hydrogen (secondary N) is 2. The van der Waals surface area contributed by atoms with Gasteiger partial charge in [0.2, 0.25) is 5.66 Å². The summed E-state index contributed by atoms with van der Waals surface area (Å²) in [4.78, 5) is 0. The molecule has 2 heterocycles. The number of ether oxygens (including phenoxy) is 1. The summed E-state index contributed by atoms with van der Waals surface area (Å²) in [6.45, 7) is 1.73. The van der Waals surface area contributed by atoms with Crippen molar-refractivity contribution in [3.63, 3.8) is 0 Å². The smallest absolute Gasteiger partial charge is 0.205 e. The van der Waals surface area contributed by atoms with Gasteiger partial charge >= 0.3 is 0 Å². The Morgan fingerprint density at radius 3 is 2.45 bits per heavy atom. The van der Waals surface area contributed by atoms with Gasteiger partial charge in [-0.25, -0.2) is 0 Å². The van der Waals surface area contributed by atoms with Crippen molar-refractivity contribution in [3.05, 3.63) is 0 Å². The van der Waals surface area contributed by atoms with E-state index in [4.69, 9.17) is 22.1 Å². The molecule has 0 radical (unpaired) electrons. The molecule has 0 bridgehead atoms. The van der Waals surface area contributed by atoms with E-state index in [0.717, 1.165) is 0 Å². The molecule has 10 heteroatoms. The van der Waals surface area contributed by atoms with Crippen LogP contribution in [0.5, 0.6) is 0 Å². The summed E-state index contributed by atoms with van der Waals surface area (Å²) in [5.41, 5.74) is -0.471. The molecule has 0 amide bonds. The Kier molecular flexibility index (Phi) is 4.52. The molecular formula is C10H18N4O5S. The van der Waals surface area contributed by atoms with Crippen molar-refractivity contribution < 1.29 is 25.2 Å². The van der Waals surface area contributed by atoms with Gasteiger partial charge in [0.05, 0.1) is 13.2 Å². The molecule has 0 saturated carbocycles. The van der Waals surface area contributed by atoms with Crippen LogP contribution in [-0.4, -0.2) is 75.0 Å². The first kappa shape index (κ1) is 15.5. The number of thiocarbonyl (C=S) groups is 1. The van der Waals surface area contributed by atoms with Gasteiger partial charge in [0.1, 0.15) is 24.4 Å². The summed E-state index contributed by atoms with van der Waals surface area (Å²) in [6.07, 6.45) is -6.21. The van der Waals surface area contributed by atoms with Gasteiger partial charge in [-0.15, -0.1) is 0 Å². The molecule has 5 atom stereocenters. The maximum absolute atomic E-state index is 9.81. The van der Waals surface area contributed by atoms with E-state index in [1.54, 1.807) is 0 Å². The zero-order chi connectivity index (χ0) is 14.9. The van der Waals surface area contributed by atoms with Crippen molar-refractivity contribution in [2.24, 2.45) is 10.2 Å². The quantitative estimate of drug-likeness (QED) is 0.312. The van der Waals surface area contributed by atoms with Crippen LogP contribution in [0.15, 0.2) is 10.2 Å². The second-order valence-electron chi connectivity index (χ2n) is 4.99. The zero-order valence-corrected chi connectivity index (χ0v) is 11.6. The van der Waals surface area contributed by atoms with Crippen LogP contribution >= 0.6 is 12.2 Å². The lowest BCUT2D eigenvalue weighted by molar-refractivity contribution is -0.232. The third-order valence-electron chi connectivity index (χ3n) is 3.19. The normalized spacial score (nSPS) is 38.4. The SMILES string of the molecule is CC1(CNC(=S)N[C@H]2O[C@H](CO)[C@@H](O)[C@H](O)[C@@H]2O)N=N1. The van der Waals surface area contributed by atoms with Crippen molar-refractivity contribution in [2.45, 2.75) is 43.2 Å². The summed E-state index contributed by atoms with van der Waals surface area (Å²) in [6, 6.07) is 0. The molecule has 1 saturated heterocycles. The average molecular weight is 306 g/mol. The first-order valence-corrected chi connectivity index (χ1v) is 6.56. The van der Waals surface area contributed by atoms with Crippen molar-refractivity contribution in [3.8, 4) is 0 Å². The number of hydrogen-bond donors (Lipinski definition) is 6. The number of aliphatic hydroxyl groups is 4. The maximum atomic E-state index is 9.81. The summed E-state index contributed by atoms with van der Waals surface area (Å²) in [5.74, 6) is 0. The highest BCUT2D eigenvalue weighted by molar-refractivity contribution is 7.80. The number of aliphatic hydroxyl groups excluding tert-OH is 4. The van der Waals surface area contributed by atoms with Crippen LogP contribution in [0.25, 0.3) is 0 Å². The van der Waals surface area contributed by atoms with E-state index in [-0.39, 0.29) is 5.11 Å². The Morgan fingerprint density at radius 1 is 1.25 bits per heavy atom. The minimum absolute atomic E-state index is 0.188. The Hall–Kier alpha value is -0.910. The molecule has 1 fully saturated rings. The highest BCUT2D eigenvalue weighted by atomic mass is 32.1. The van der Waals surface area contributed by atoms with Crippen LogP contribution in [0.1, 0.15) is 6.92 Å². The van der Waals surface area contributed by atoms with Crippen LogP contribution in [0.2, 0.25) is 0 Å². The lowest BCUT2D eigenvalue weighted by atomic mass is 9.98. The van der Waals surface area contributed by atoms with Gasteiger partial charge in [-0.1, -0.05) is 0 Å². The molecule has 114 valence electrons. The zero-order valence-electron chi connectivity index (χ0n) is 10.8. The number of hydrogen-bond acceptors (Lipinski definition) is 8. The molecular weight excluding hydrogens is 288 g/mol. The largest absolute Gasteiger partial charge is 0.394 e. The fourth-order valence-electron chi connectivity index (χ4n) is 1.80. The Balaban J connectivity index is 1.85. The summed E-state index contributed by atoms with van der Waals surface area (Å²) < 4.78 is 5.25. The van der Waals surface area contributed by atoms with Crippen molar-refractivity contribution in [1.29, 1.82) is 0 Å². The van der Waals surface area contributed by atoms with Crippen LogP contribution in [0.3, 0.4) is 0 Å². The lowest BCUT2D eigenvalue weighted by Crippen LogP contribution is -2.64. The molecule has 2 rings (SSSR count). The van der Waals surface area contributed by atoms with Gasteiger partial charge in [0.15, 0.2) is 11.3 Å². The number of nitrogens with zero attached hydrogens (tertiary/aromatic N) is 2. The Bertz CT molecular complexity index is 401. The molecule has 20 heavy (non-hydrogen) atoms. The van der Waals surface area contributed by atoms with E-state index < -0.39 is 42.9 Å². The second kappa shape index (κ2) is 5.84. The van der Waals surface area contributed by atoms with Gasteiger partial charge in [-0.05, 0) is 19.1 Å². The van der Waals surface area contributed by atoms with E-state index in [1.807, 2.05) is 6.92 Å². The average Bonchev–Trinajstić information content (AvgIpc) is 3.16. The van der Waals surface area contributed by atoms with E-state index >= 15 is 0 Å². The molecule has 2 aliphatic heterocycles. The van der Waals surface area contributed by atoms with Crippen LogP contribution in [0, 0.1) is 0 Å². The van der Waals surface area contributed by atoms with Crippen molar-refractivity contribution in [2.75, 3.05) is 13.2 Å². The third kappa shape index (κ3) is 3.40. The first-order chi connectivity index (χ1) is 9.36. The summed E-state index contributed by atoms with van der Waals surface area (Å²) in [5, 5.41) is 51.4. The molecule has 0 aliphatic carbocycles. The Morgan fingerprint density at radius 2 is 1.90 bits per heavy atom. The van der Waals surface area contributed by atoms with Gasteiger partial charge < -0.3 is 35.8 Å². The first-order valence-electron chi connectivity index (χ1n) is 6.15. The molecule has 0 aromatic carbocycles. The molecule has 0 aromatic rings. The molecule has 0 spiro atoms. The van der Waals surface area contributed by atoms with E-state index in [0.29, 0.717) is 6.54 Å². The summed E-state index contributed by atoms with van der Waals surface area (Å²) >= 11 is 5.02. The predicted octanol–water partition coefficient (Wildman–Crippen LogP) is -2.57. The van der Waals surface area contributed by atoms with Gasteiger partial charge in [-0.3, -0.25) is 0 Å². The van der Waals surface area contributed by atoms with Crippen LogP contribution < -0.4 is 10.6 Å². The third-order valence-corrected chi connectivity index (χ3v) is 3.45. The topological polar surface area (TPSA) is 139 Å². The molecule has 2 aliphatic rings. The van der Waals surface area contributed by atoms with E-state index in [9.17, 15) is 15.3 Å². The molecule has 9 nitrogen and oxygen atoms in total. The second-order valence-corrected chi connectivity index (χ2v) is 5.40. The van der Waals surface area contributed by atoms with Gasteiger partial charge in [0, 0.05) is 0 Å². The standard InChI is InChI=1S/C10H18N4O5S/c1-10(13-14-10)3-11-9(20)12-8-7(18)6(17)5(16)4(2-15)19-8/h4-8,15-18H,2-3H2,1H3,(H2,11,12,20)/t4-,5-,6+,7+,8+/m1/s1. The fourth-order valence-corrected chi connectivity index (χ4v) is 1.99. The Labute approximate surface area is 120 Å². The number of rotatable bonds is 4. The van der Waals surface area contributed by atoms with Gasteiger partial charge in [0.25, 0.3) is 0 Å². The lowest BCUT2D eigenvalue weighted by Gasteiger charge is -2.40. The minimum Gasteiger partial charge on any atom is -0.394 e. The van der Waals surface area contributed by atoms with Crippen LogP contribution in [0.4, 0.5) is 0 Å². The van der Waals surface area contributed by atoms with Gasteiger partial charge in [-0.2, -0.15) is 10.2 Å². The van der Waals surface area contributed by atoms with E-state index in [2.05, 4.69) is 20.9 Å². The van der Waals surface area contributed by atoms with Crippen molar-refractivity contribution >= 4 is 17.3 Å². The maximum Gasteiger partial charge on any atom is 0.205 e. The molecule has 0 aromatic heterocycles. The molecule has 0 unspecified atom stereocenters. The highest BCUT2D eigenvalue weighted by Gasteiger charge is 2.43. The predicted molar refractivity (Wildman–Crippen MR) is 70.8 cm³/mol. The fraction of sp³-hybridized carbons (Fsp3) is 0.900. The van der Waals surface area contributed by atoms with Crippen LogP contribution in [-0.2, 0) is 4.74 Å². The van der Waals surface area contributed by atoms with E-state index in [1.165, 1.54) is 0 Å².